The predicted octanol–water partition coefficient (Wildman–Crippen LogP) is 3.69. The van der Waals surface area contributed by atoms with Gasteiger partial charge in [0.05, 0.1) is 24.0 Å². The minimum atomic E-state index is -0.143. The second kappa shape index (κ2) is 10.2. The number of rotatable bonds is 7. The van der Waals surface area contributed by atoms with Crippen molar-refractivity contribution in [3.63, 3.8) is 0 Å². The molecule has 0 saturated carbocycles. The number of piperazine rings is 1. The molecule has 1 amide bonds. The molecule has 2 aromatic carbocycles. The number of likely N-dealkylation sites (N-methyl/N-ethyl adjacent to an activating group) is 1. The number of benzene rings is 2. The molecule has 2 heterocycles. The monoisotopic (exact) mass is 446 g/mol. The van der Waals surface area contributed by atoms with E-state index in [-0.39, 0.29) is 5.91 Å². The Bertz CT molecular complexity index is 1110. The van der Waals surface area contributed by atoms with Crippen LogP contribution in [0.3, 0.4) is 0 Å². The number of carbonyl (C=O) groups is 1. The van der Waals surface area contributed by atoms with E-state index in [2.05, 4.69) is 49.9 Å². The molecule has 172 valence electrons. The molecule has 3 aromatic rings. The summed E-state index contributed by atoms with van der Waals surface area (Å²) < 4.78 is 5.66. The first-order valence-corrected chi connectivity index (χ1v) is 11.0. The van der Waals surface area contributed by atoms with E-state index >= 15 is 0 Å². The molecule has 33 heavy (non-hydrogen) atoms. The van der Waals surface area contributed by atoms with Gasteiger partial charge in [-0.05, 0) is 37.4 Å². The number of nitrogens with one attached hydrogen (secondary N) is 3. The molecule has 0 bridgehead atoms. The van der Waals surface area contributed by atoms with E-state index in [1.54, 1.807) is 26.4 Å². The van der Waals surface area contributed by atoms with Crippen LogP contribution >= 0.6 is 0 Å². The predicted molar refractivity (Wildman–Crippen MR) is 133 cm³/mol. The number of methoxy groups -OCH3 is 1. The number of carbonyl (C=O) groups excluding carboxylic acids is 1. The van der Waals surface area contributed by atoms with Gasteiger partial charge in [-0.3, -0.25) is 4.79 Å². The molecule has 1 aromatic heterocycles. The summed E-state index contributed by atoms with van der Waals surface area (Å²) in [5.41, 5.74) is 4.11. The Morgan fingerprint density at radius 1 is 0.970 bits per heavy atom. The molecule has 0 atom stereocenters. The summed E-state index contributed by atoms with van der Waals surface area (Å²) in [6, 6.07) is 17.3. The molecule has 1 aliphatic rings. The molecule has 0 aliphatic carbocycles. The number of amides is 1. The molecule has 8 heteroatoms. The summed E-state index contributed by atoms with van der Waals surface area (Å²) in [5, 5.41) is 9.34. The third-order valence-corrected chi connectivity index (χ3v) is 5.75. The number of ether oxygens (including phenoxy) is 1. The van der Waals surface area contributed by atoms with Crippen LogP contribution in [-0.4, -0.2) is 63.2 Å². The van der Waals surface area contributed by atoms with Crippen molar-refractivity contribution >= 4 is 34.5 Å². The Hall–Kier alpha value is -3.78. The maximum atomic E-state index is 12.2. The first kappa shape index (κ1) is 22.4. The summed E-state index contributed by atoms with van der Waals surface area (Å²) in [6.45, 7) is 4.10. The van der Waals surface area contributed by atoms with Gasteiger partial charge in [0.2, 0.25) is 0 Å². The van der Waals surface area contributed by atoms with Gasteiger partial charge in [-0.15, -0.1) is 0 Å². The minimum Gasteiger partial charge on any atom is -0.494 e. The van der Waals surface area contributed by atoms with Gasteiger partial charge in [0.25, 0.3) is 5.91 Å². The van der Waals surface area contributed by atoms with E-state index in [0.29, 0.717) is 11.4 Å². The largest absolute Gasteiger partial charge is 0.494 e. The molecule has 0 spiro atoms. The fraction of sp³-hybridized carbons (Fsp3) is 0.280. The highest BCUT2D eigenvalue weighted by Gasteiger charge is 2.16. The number of hydrogen-bond acceptors (Lipinski definition) is 7. The van der Waals surface area contributed by atoms with Crippen LogP contribution < -0.4 is 25.6 Å². The van der Waals surface area contributed by atoms with Gasteiger partial charge in [-0.2, -0.15) is 0 Å². The second-order valence-corrected chi connectivity index (χ2v) is 7.98. The number of anilines is 5. The zero-order chi connectivity index (χ0) is 23.2. The van der Waals surface area contributed by atoms with E-state index in [4.69, 9.17) is 4.74 Å². The van der Waals surface area contributed by atoms with Crippen molar-refractivity contribution < 1.29 is 9.53 Å². The van der Waals surface area contributed by atoms with E-state index in [1.165, 1.54) is 0 Å². The second-order valence-electron chi connectivity index (χ2n) is 7.98. The first-order chi connectivity index (χ1) is 16.1. The molecule has 1 aliphatic heterocycles. The molecule has 8 nitrogen and oxygen atoms in total. The summed E-state index contributed by atoms with van der Waals surface area (Å²) >= 11 is 0. The molecule has 0 radical (unpaired) electrons. The van der Waals surface area contributed by atoms with E-state index in [0.717, 1.165) is 54.7 Å². The van der Waals surface area contributed by atoms with Crippen molar-refractivity contribution in [3.05, 3.63) is 66.4 Å². The van der Waals surface area contributed by atoms with Gasteiger partial charge in [0.1, 0.15) is 11.6 Å². The lowest BCUT2D eigenvalue weighted by atomic mass is 10.1. The van der Waals surface area contributed by atoms with Gasteiger partial charge in [0.15, 0.2) is 0 Å². The summed E-state index contributed by atoms with van der Waals surface area (Å²) in [7, 11) is 5.45. The minimum absolute atomic E-state index is 0.143. The lowest BCUT2D eigenvalue weighted by Gasteiger charge is -2.34. The average molecular weight is 447 g/mol. The smallest absolute Gasteiger partial charge is 0.253 e. The van der Waals surface area contributed by atoms with Crippen LogP contribution in [-0.2, 0) is 0 Å². The molecule has 4 rings (SSSR count). The highest BCUT2D eigenvalue weighted by Crippen LogP contribution is 2.33. The number of para-hydroxylation sites is 1. The number of nitrogens with zero attached hydrogens (tertiary/aromatic N) is 3. The van der Waals surface area contributed by atoms with E-state index in [9.17, 15) is 4.79 Å². The average Bonchev–Trinajstić information content (AvgIpc) is 2.85. The Morgan fingerprint density at radius 2 is 1.76 bits per heavy atom. The van der Waals surface area contributed by atoms with Crippen molar-refractivity contribution in [2.75, 3.05) is 62.9 Å². The summed E-state index contributed by atoms with van der Waals surface area (Å²) in [6.07, 6.45) is 1.72. The van der Waals surface area contributed by atoms with E-state index in [1.807, 2.05) is 36.4 Å². The van der Waals surface area contributed by atoms with Crippen LogP contribution in [0.5, 0.6) is 5.75 Å². The van der Waals surface area contributed by atoms with Crippen LogP contribution in [0.1, 0.15) is 10.4 Å². The van der Waals surface area contributed by atoms with Crippen LogP contribution in [0.2, 0.25) is 0 Å². The van der Waals surface area contributed by atoms with Crippen molar-refractivity contribution in [1.29, 1.82) is 0 Å². The number of hydrogen-bond donors (Lipinski definition) is 3. The van der Waals surface area contributed by atoms with Crippen LogP contribution in [0.4, 0.5) is 28.6 Å². The van der Waals surface area contributed by atoms with Gasteiger partial charge >= 0.3 is 0 Å². The Balaban J connectivity index is 1.51. The zero-order valence-electron chi connectivity index (χ0n) is 19.3. The van der Waals surface area contributed by atoms with Gasteiger partial charge in [-0.25, -0.2) is 4.98 Å². The maximum absolute atomic E-state index is 12.2. The summed E-state index contributed by atoms with van der Waals surface area (Å²) in [4.78, 5) is 21.3. The zero-order valence-corrected chi connectivity index (χ0v) is 19.3. The van der Waals surface area contributed by atoms with Crippen LogP contribution in [0.15, 0.2) is 60.8 Å². The van der Waals surface area contributed by atoms with Crippen LogP contribution in [0.25, 0.3) is 0 Å². The van der Waals surface area contributed by atoms with Gasteiger partial charge in [0, 0.05) is 62.9 Å². The topological polar surface area (TPSA) is 81.8 Å². The fourth-order valence-electron chi connectivity index (χ4n) is 3.84. The number of aromatic nitrogens is 1. The first-order valence-electron chi connectivity index (χ1n) is 11.0. The Labute approximate surface area is 194 Å². The normalized spacial score (nSPS) is 14.0. The highest BCUT2D eigenvalue weighted by atomic mass is 16.5. The Kier molecular flexibility index (Phi) is 6.95. The highest BCUT2D eigenvalue weighted by molar-refractivity contribution is 6.00. The van der Waals surface area contributed by atoms with Crippen molar-refractivity contribution in [3.8, 4) is 5.75 Å². The lowest BCUT2D eigenvalue weighted by Crippen LogP contribution is -2.44. The van der Waals surface area contributed by atoms with Gasteiger partial charge < -0.3 is 30.5 Å². The summed E-state index contributed by atoms with van der Waals surface area (Å²) in [5.74, 6) is 1.29. The third-order valence-electron chi connectivity index (χ3n) is 5.75. The SMILES string of the molecule is CNC(=O)c1ccccc1Nc1ccnc(Nc2ccc(N3CCN(C)CC3)cc2OC)c1. The standard InChI is InChI=1S/C25H30N6O2/c1-26-25(32)20-6-4-5-7-21(20)28-18-10-11-27-24(16-18)29-22-9-8-19(17-23(22)33-3)31-14-12-30(2)13-15-31/h4-11,16-17H,12-15H2,1-3H3,(H,26,32)(H2,27,28,29). The molecule has 3 N–H and O–H groups in total. The quantitative estimate of drug-likeness (QED) is 0.511. The molecule has 1 saturated heterocycles. The van der Waals surface area contributed by atoms with Gasteiger partial charge in [-0.1, -0.05) is 12.1 Å². The van der Waals surface area contributed by atoms with E-state index < -0.39 is 0 Å². The van der Waals surface area contributed by atoms with Crippen LogP contribution in [0, 0.1) is 0 Å². The molecule has 1 fully saturated rings. The molecular weight excluding hydrogens is 416 g/mol. The number of pyridine rings is 1. The van der Waals surface area contributed by atoms with Crippen molar-refractivity contribution in [1.82, 2.24) is 15.2 Å². The maximum Gasteiger partial charge on any atom is 0.253 e. The Morgan fingerprint density at radius 3 is 2.52 bits per heavy atom. The third kappa shape index (κ3) is 5.35. The molecule has 0 unspecified atom stereocenters. The fourth-order valence-corrected chi connectivity index (χ4v) is 3.84. The van der Waals surface area contributed by atoms with Crippen molar-refractivity contribution in [2.24, 2.45) is 0 Å². The lowest BCUT2D eigenvalue weighted by molar-refractivity contribution is 0.0964. The van der Waals surface area contributed by atoms with Crippen molar-refractivity contribution in [2.45, 2.75) is 0 Å². The molecular formula is C25H30N6O2.